The van der Waals surface area contributed by atoms with E-state index in [0.29, 0.717) is 18.4 Å². The summed E-state index contributed by atoms with van der Waals surface area (Å²) in [6.07, 6.45) is 7.76. The van der Waals surface area contributed by atoms with Crippen LogP contribution >= 0.6 is 0 Å². The van der Waals surface area contributed by atoms with E-state index in [2.05, 4.69) is 47.5 Å². The van der Waals surface area contributed by atoms with Gasteiger partial charge in [0.25, 0.3) is 5.91 Å². The minimum Gasteiger partial charge on any atom is -0.497 e. The first-order valence-electron chi connectivity index (χ1n) is 12.7. The average molecular weight is 461 g/mol. The maximum atomic E-state index is 12.9. The van der Waals surface area contributed by atoms with Gasteiger partial charge in [0.15, 0.2) is 0 Å². The second kappa shape index (κ2) is 10.2. The molecule has 2 fully saturated rings. The highest BCUT2D eigenvalue weighted by molar-refractivity contribution is 5.99. The quantitative estimate of drug-likeness (QED) is 0.663. The maximum absolute atomic E-state index is 12.9. The number of piperidine rings is 1. The Morgan fingerprint density at radius 1 is 1.09 bits per heavy atom. The standard InChI is InChI=1S/C29H36N2O3/c1-20-3-10-28-24(15-20)17-25(19-34-28)29(32)30-26-7-4-21(16-26)18-31-13-11-23(12-14-31)22-5-8-27(33-2)9-6-22/h3,5-6,8-10,15,17,21,23,26H,4,7,11-14,16,18-19H2,1-2H3,(H,30,32)/t21-,26+/m0/s1. The molecular formula is C29H36N2O3. The van der Waals surface area contributed by atoms with Gasteiger partial charge >= 0.3 is 0 Å². The van der Waals surface area contributed by atoms with Gasteiger partial charge in [-0.25, -0.2) is 0 Å². The molecule has 2 aromatic carbocycles. The Labute approximate surface area is 203 Å². The van der Waals surface area contributed by atoms with Crippen molar-refractivity contribution in [3.8, 4) is 11.5 Å². The number of nitrogens with one attached hydrogen (secondary N) is 1. The summed E-state index contributed by atoms with van der Waals surface area (Å²) in [5, 5.41) is 3.28. The largest absolute Gasteiger partial charge is 0.497 e. The highest BCUT2D eigenvalue weighted by Crippen LogP contribution is 2.32. The minimum absolute atomic E-state index is 0.0260. The number of likely N-dealkylation sites (tertiary alicyclic amines) is 1. The zero-order valence-electron chi connectivity index (χ0n) is 20.4. The summed E-state index contributed by atoms with van der Waals surface area (Å²) in [5.41, 5.74) is 4.33. The van der Waals surface area contributed by atoms with Gasteiger partial charge in [-0.15, -0.1) is 0 Å². The van der Waals surface area contributed by atoms with Crippen molar-refractivity contribution in [1.82, 2.24) is 10.2 Å². The molecule has 1 N–H and O–H groups in total. The maximum Gasteiger partial charge on any atom is 0.250 e. The second-order valence-corrected chi connectivity index (χ2v) is 10.2. The van der Waals surface area contributed by atoms with Crippen molar-refractivity contribution in [2.75, 3.05) is 33.4 Å². The molecule has 0 spiro atoms. The molecule has 1 amide bonds. The molecule has 0 aromatic heterocycles. The molecule has 0 radical (unpaired) electrons. The second-order valence-electron chi connectivity index (χ2n) is 10.2. The number of aryl methyl sites for hydroxylation is 1. The number of nitrogens with zero attached hydrogens (tertiary/aromatic N) is 1. The van der Waals surface area contributed by atoms with Crippen LogP contribution in [0.5, 0.6) is 11.5 Å². The van der Waals surface area contributed by atoms with E-state index in [1.165, 1.54) is 30.4 Å². The van der Waals surface area contributed by atoms with E-state index in [-0.39, 0.29) is 11.9 Å². The highest BCUT2D eigenvalue weighted by atomic mass is 16.5. The Hall–Kier alpha value is -2.79. The zero-order valence-corrected chi connectivity index (χ0v) is 20.4. The number of hydrogen-bond acceptors (Lipinski definition) is 4. The van der Waals surface area contributed by atoms with Gasteiger partial charge in [0, 0.05) is 18.2 Å². The van der Waals surface area contributed by atoms with Gasteiger partial charge in [0.05, 0.1) is 12.7 Å². The molecular weight excluding hydrogens is 424 g/mol. The van der Waals surface area contributed by atoms with Crippen LogP contribution in [0.3, 0.4) is 0 Å². The summed E-state index contributed by atoms with van der Waals surface area (Å²) in [4.78, 5) is 15.5. The van der Waals surface area contributed by atoms with Gasteiger partial charge in [-0.05, 0) is 99.9 Å². The summed E-state index contributed by atoms with van der Waals surface area (Å²) < 4.78 is 11.1. The van der Waals surface area contributed by atoms with Crippen LogP contribution in [0.4, 0.5) is 0 Å². The number of carbonyl (C=O) groups excluding carboxylic acids is 1. The number of benzene rings is 2. The van der Waals surface area contributed by atoms with Crippen molar-refractivity contribution < 1.29 is 14.3 Å². The molecule has 5 heteroatoms. The third-order valence-electron chi connectivity index (χ3n) is 7.74. The Bertz CT molecular complexity index is 1040. The highest BCUT2D eigenvalue weighted by Gasteiger charge is 2.30. The van der Waals surface area contributed by atoms with Crippen molar-refractivity contribution in [3.05, 3.63) is 64.7 Å². The first-order valence-corrected chi connectivity index (χ1v) is 12.7. The van der Waals surface area contributed by atoms with E-state index < -0.39 is 0 Å². The number of ether oxygens (including phenoxy) is 2. The molecule has 5 nitrogen and oxygen atoms in total. The summed E-state index contributed by atoms with van der Waals surface area (Å²) in [6, 6.07) is 15.0. The minimum atomic E-state index is 0.0260. The van der Waals surface area contributed by atoms with Crippen LogP contribution < -0.4 is 14.8 Å². The number of fused-ring (bicyclic) bond motifs is 1. The molecule has 1 saturated heterocycles. The van der Waals surface area contributed by atoms with Crippen molar-refractivity contribution in [2.24, 2.45) is 5.92 Å². The van der Waals surface area contributed by atoms with Gasteiger partial charge in [-0.2, -0.15) is 0 Å². The predicted molar refractivity (Wildman–Crippen MR) is 135 cm³/mol. The molecule has 2 heterocycles. The zero-order chi connectivity index (χ0) is 23.5. The SMILES string of the molecule is COc1ccc(C2CCN(C[C@H]3CC[C@@H](NC(=O)C4=Cc5cc(C)ccc5OC4)C3)CC2)cc1. The molecule has 2 aliphatic heterocycles. The van der Waals surface area contributed by atoms with Crippen molar-refractivity contribution in [2.45, 2.75) is 51.0 Å². The molecule has 0 bridgehead atoms. The van der Waals surface area contributed by atoms with E-state index in [4.69, 9.17) is 9.47 Å². The summed E-state index contributed by atoms with van der Waals surface area (Å²) in [6.45, 7) is 5.88. The molecule has 0 unspecified atom stereocenters. The summed E-state index contributed by atoms with van der Waals surface area (Å²) >= 11 is 0. The Kier molecular flexibility index (Phi) is 6.91. The molecule has 5 rings (SSSR count). The lowest BCUT2D eigenvalue weighted by molar-refractivity contribution is -0.118. The fourth-order valence-corrected chi connectivity index (χ4v) is 5.77. The van der Waals surface area contributed by atoms with Crippen LogP contribution in [-0.2, 0) is 4.79 Å². The van der Waals surface area contributed by atoms with Crippen molar-refractivity contribution in [3.63, 3.8) is 0 Å². The van der Waals surface area contributed by atoms with Gasteiger partial charge in [0.1, 0.15) is 18.1 Å². The Morgan fingerprint density at radius 3 is 2.65 bits per heavy atom. The van der Waals surface area contributed by atoms with Crippen LogP contribution in [0.1, 0.15) is 54.7 Å². The van der Waals surface area contributed by atoms with Crippen LogP contribution in [0.15, 0.2) is 48.0 Å². The van der Waals surface area contributed by atoms with Gasteiger partial charge < -0.3 is 19.7 Å². The topological polar surface area (TPSA) is 50.8 Å². The Balaban J connectivity index is 1.08. The Morgan fingerprint density at radius 2 is 1.88 bits per heavy atom. The van der Waals surface area contributed by atoms with Gasteiger partial charge in [-0.3, -0.25) is 4.79 Å². The molecule has 2 atom stereocenters. The lowest BCUT2D eigenvalue weighted by Gasteiger charge is -2.33. The van der Waals surface area contributed by atoms with Gasteiger partial charge in [0.2, 0.25) is 0 Å². The first-order chi connectivity index (χ1) is 16.6. The lowest BCUT2D eigenvalue weighted by Crippen LogP contribution is -2.38. The fourth-order valence-electron chi connectivity index (χ4n) is 5.77. The number of amides is 1. The molecule has 1 aliphatic carbocycles. The third kappa shape index (κ3) is 5.30. The average Bonchev–Trinajstić information content (AvgIpc) is 3.30. The van der Waals surface area contributed by atoms with E-state index in [1.54, 1.807) is 7.11 Å². The van der Waals surface area contributed by atoms with Crippen LogP contribution in [0.2, 0.25) is 0 Å². The number of hydrogen-bond donors (Lipinski definition) is 1. The van der Waals surface area contributed by atoms with E-state index >= 15 is 0 Å². The summed E-state index contributed by atoms with van der Waals surface area (Å²) in [5.74, 6) is 3.13. The van der Waals surface area contributed by atoms with Crippen LogP contribution in [0.25, 0.3) is 6.08 Å². The van der Waals surface area contributed by atoms with E-state index in [0.717, 1.165) is 55.1 Å². The van der Waals surface area contributed by atoms with Crippen molar-refractivity contribution >= 4 is 12.0 Å². The number of rotatable bonds is 6. The van der Waals surface area contributed by atoms with E-state index in [9.17, 15) is 4.79 Å². The molecule has 180 valence electrons. The normalized spacial score (nSPS) is 23.1. The smallest absolute Gasteiger partial charge is 0.250 e. The van der Waals surface area contributed by atoms with Crippen LogP contribution in [0, 0.1) is 12.8 Å². The summed E-state index contributed by atoms with van der Waals surface area (Å²) in [7, 11) is 1.72. The lowest BCUT2D eigenvalue weighted by atomic mass is 9.89. The number of methoxy groups -OCH3 is 1. The van der Waals surface area contributed by atoms with Gasteiger partial charge in [-0.1, -0.05) is 23.8 Å². The molecule has 3 aliphatic rings. The first kappa shape index (κ1) is 23.0. The van der Waals surface area contributed by atoms with Crippen LogP contribution in [-0.4, -0.2) is 50.2 Å². The molecule has 34 heavy (non-hydrogen) atoms. The molecule has 1 saturated carbocycles. The molecule has 2 aromatic rings. The monoisotopic (exact) mass is 460 g/mol. The number of carbonyl (C=O) groups is 1. The van der Waals surface area contributed by atoms with Crippen molar-refractivity contribution in [1.29, 1.82) is 0 Å². The fraction of sp³-hybridized carbons (Fsp3) is 0.483. The third-order valence-corrected chi connectivity index (χ3v) is 7.74. The van der Waals surface area contributed by atoms with E-state index in [1.807, 2.05) is 18.2 Å². The predicted octanol–water partition coefficient (Wildman–Crippen LogP) is 4.94.